The van der Waals surface area contributed by atoms with Crippen LogP contribution in [0.4, 0.5) is 10.1 Å². The molecule has 0 heterocycles. The van der Waals surface area contributed by atoms with Crippen LogP contribution in [0.1, 0.15) is 26.2 Å². The Morgan fingerprint density at radius 3 is 2.94 bits per heavy atom. The highest BCUT2D eigenvalue weighted by Crippen LogP contribution is 2.34. The number of amides is 1. The molecule has 1 aromatic carbocycles. The molecule has 0 aliphatic heterocycles. The van der Waals surface area contributed by atoms with Crippen LogP contribution in [0.2, 0.25) is 0 Å². The molecular formula is C14H19FN2O. The summed E-state index contributed by atoms with van der Waals surface area (Å²) in [6.45, 7) is 2.42. The van der Waals surface area contributed by atoms with Gasteiger partial charge < -0.3 is 10.6 Å². The molecule has 0 radical (unpaired) electrons. The van der Waals surface area contributed by atoms with Gasteiger partial charge in [0.05, 0.1) is 12.2 Å². The average Bonchev–Trinajstić information content (AvgIpc) is 3.09. The van der Waals surface area contributed by atoms with Crippen molar-refractivity contribution < 1.29 is 9.18 Å². The number of nitrogens with one attached hydrogen (secondary N) is 2. The van der Waals surface area contributed by atoms with Crippen molar-refractivity contribution >= 4 is 11.6 Å². The van der Waals surface area contributed by atoms with E-state index in [1.54, 1.807) is 18.2 Å². The van der Waals surface area contributed by atoms with Crippen molar-refractivity contribution in [3.05, 3.63) is 30.1 Å². The van der Waals surface area contributed by atoms with Gasteiger partial charge in [-0.2, -0.15) is 0 Å². The number of rotatable bonds is 6. The smallest absolute Gasteiger partial charge is 0.238 e. The average molecular weight is 250 g/mol. The van der Waals surface area contributed by atoms with Crippen LogP contribution >= 0.6 is 0 Å². The maximum atomic E-state index is 13.3. The van der Waals surface area contributed by atoms with Gasteiger partial charge in [0, 0.05) is 6.04 Å². The topological polar surface area (TPSA) is 41.1 Å². The van der Waals surface area contributed by atoms with E-state index < -0.39 is 5.82 Å². The van der Waals surface area contributed by atoms with Crippen molar-refractivity contribution in [1.29, 1.82) is 0 Å². The van der Waals surface area contributed by atoms with Gasteiger partial charge in [-0.05, 0) is 30.9 Å². The fourth-order valence-electron chi connectivity index (χ4n) is 2.17. The van der Waals surface area contributed by atoms with Crippen LogP contribution in [-0.2, 0) is 4.79 Å². The number of para-hydroxylation sites is 1. The first kappa shape index (κ1) is 13.0. The third-order valence-electron chi connectivity index (χ3n) is 3.25. The number of halogens is 1. The van der Waals surface area contributed by atoms with Gasteiger partial charge >= 0.3 is 0 Å². The lowest BCUT2D eigenvalue weighted by Crippen LogP contribution is -2.30. The Balaban J connectivity index is 1.72. The molecule has 2 N–H and O–H groups in total. The van der Waals surface area contributed by atoms with Crippen molar-refractivity contribution in [3.8, 4) is 0 Å². The van der Waals surface area contributed by atoms with Crippen molar-refractivity contribution in [2.24, 2.45) is 5.92 Å². The van der Waals surface area contributed by atoms with E-state index in [0.29, 0.717) is 6.04 Å². The predicted octanol–water partition coefficient (Wildman–Crippen LogP) is 2.54. The van der Waals surface area contributed by atoms with Gasteiger partial charge in [0.15, 0.2) is 0 Å². The quantitative estimate of drug-likeness (QED) is 0.814. The number of carbonyl (C=O) groups is 1. The summed E-state index contributed by atoms with van der Waals surface area (Å²) < 4.78 is 13.3. The third-order valence-corrected chi connectivity index (χ3v) is 3.25. The van der Waals surface area contributed by atoms with E-state index in [1.165, 1.54) is 18.9 Å². The third kappa shape index (κ3) is 3.53. The van der Waals surface area contributed by atoms with Crippen LogP contribution in [0.3, 0.4) is 0 Å². The fourth-order valence-corrected chi connectivity index (χ4v) is 2.17. The van der Waals surface area contributed by atoms with E-state index in [-0.39, 0.29) is 18.1 Å². The summed E-state index contributed by atoms with van der Waals surface area (Å²) in [6.07, 6.45) is 3.55. The van der Waals surface area contributed by atoms with E-state index in [0.717, 1.165) is 12.3 Å². The van der Waals surface area contributed by atoms with Crippen molar-refractivity contribution in [3.63, 3.8) is 0 Å². The Bertz CT molecular complexity index is 422. The highest BCUT2D eigenvalue weighted by molar-refractivity contribution is 5.92. The minimum absolute atomic E-state index is 0.192. The molecule has 0 aromatic heterocycles. The molecule has 0 saturated heterocycles. The monoisotopic (exact) mass is 250 g/mol. The summed E-state index contributed by atoms with van der Waals surface area (Å²) >= 11 is 0. The fraction of sp³-hybridized carbons (Fsp3) is 0.500. The molecule has 4 heteroatoms. The summed E-state index contributed by atoms with van der Waals surface area (Å²) in [5, 5.41) is 5.76. The second kappa shape index (κ2) is 5.96. The van der Waals surface area contributed by atoms with Crippen molar-refractivity contribution in [2.45, 2.75) is 32.2 Å². The zero-order valence-corrected chi connectivity index (χ0v) is 10.6. The molecule has 1 aliphatic carbocycles. The SMILES string of the molecule is CCCC1CC1NCC(=O)Nc1ccccc1F. The van der Waals surface area contributed by atoms with E-state index in [1.807, 2.05) is 0 Å². The lowest BCUT2D eigenvalue weighted by Gasteiger charge is -2.07. The molecule has 2 rings (SSSR count). The van der Waals surface area contributed by atoms with Crippen LogP contribution in [0.15, 0.2) is 24.3 Å². The zero-order valence-electron chi connectivity index (χ0n) is 10.6. The minimum atomic E-state index is -0.402. The molecule has 2 unspecified atom stereocenters. The van der Waals surface area contributed by atoms with Gasteiger partial charge in [-0.1, -0.05) is 25.5 Å². The molecule has 1 amide bonds. The molecule has 98 valence electrons. The van der Waals surface area contributed by atoms with Gasteiger partial charge in [-0.15, -0.1) is 0 Å². The molecular weight excluding hydrogens is 231 g/mol. The predicted molar refractivity (Wildman–Crippen MR) is 69.8 cm³/mol. The van der Waals surface area contributed by atoms with Crippen LogP contribution in [-0.4, -0.2) is 18.5 Å². The lowest BCUT2D eigenvalue weighted by molar-refractivity contribution is -0.115. The molecule has 2 atom stereocenters. The maximum Gasteiger partial charge on any atom is 0.238 e. The molecule has 1 saturated carbocycles. The number of benzene rings is 1. The Morgan fingerprint density at radius 1 is 1.44 bits per heavy atom. The second-order valence-corrected chi connectivity index (χ2v) is 4.80. The van der Waals surface area contributed by atoms with Crippen LogP contribution < -0.4 is 10.6 Å². The van der Waals surface area contributed by atoms with Gasteiger partial charge in [0.1, 0.15) is 5.82 Å². The van der Waals surface area contributed by atoms with E-state index in [9.17, 15) is 9.18 Å². The van der Waals surface area contributed by atoms with Crippen LogP contribution in [0, 0.1) is 11.7 Å². The standard InChI is InChI=1S/C14H19FN2O/c1-2-5-10-8-13(10)16-9-14(18)17-12-7-4-3-6-11(12)15/h3-4,6-7,10,13,16H,2,5,8-9H2,1H3,(H,17,18). The molecule has 0 bridgehead atoms. The maximum absolute atomic E-state index is 13.3. The molecule has 3 nitrogen and oxygen atoms in total. The minimum Gasteiger partial charge on any atom is -0.322 e. The Hall–Kier alpha value is -1.42. The first-order valence-corrected chi connectivity index (χ1v) is 6.48. The number of anilines is 1. The Kier molecular flexibility index (Phi) is 4.31. The molecule has 1 aliphatic rings. The molecule has 1 aromatic rings. The number of hydrogen-bond donors (Lipinski definition) is 2. The first-order valence-electron chi connectivity index (χ1n) is 6.48. The number of carbonyl (C=O) groups excluding carboxylic acids is 1. The highest BCUT2D eigenvalue weighted by Gasteiger charge is 2.35. The van der Waals surface area contributed by atoms with E-state index in [4.69, 9.17) is 0 Å². The summed E-state index contributed by atoms with van der Waals surface area (Å²) in [6, 6.07) is 6.66. The second-order valence-electron chi connectivity index (χ2n) is 4.80. The summed E-state index contributed by atoms with van der Waals surface area (Å²) in [7, 11) is 0. The van der Waals surface area contributed by atoms with Gasteiger partial charge in [-0.3, -0.25) is 4.79 Å². The van der Waals surface area contributed by atoms with Gasteiger partial charge in [-0.25, -0.2) is 4.39 Å². The zero-order chi connectivity index (χ0) is 13.0. The Labute approximate surface area is 107 Å². The molecule has 0 spiro atoms. The molecule has 18 heavy (non-hydrogen) atoms. The summed E-state index contributed by atoms with van der Waals surface area (Å²) in [5.74, 6) is 0.125. The highest BCUT2D eigenvalue weighted by atomic mass is 19.1. The van der Waals surface area contributed by atoms with Crippen molar-refractivity contribution in [2.75, 3.05) is 11.9 Å². The summed E-state index contributed by atoms with van der Waals surface area (Å²) in [4.78, 5) is 11.6. The largest absolute Gasteiger partial charge is 0.322 e. The normalized spacial score (nSPS) is 21.7. The van der Waals surface area contributed by atoms with Crippen LogP contribution in [0.25, 0.3) is 0 Å². The van der Waals surface area contributed by atoms with Crippen molar-refractivity contribution in [1.82, 2.24) is 5.32 Å². The van der Waals surface area contributed by atoms with Gasteiger partial charge in [0.25, 0.3) is 0 Å². The number of hydrogen-bond acceptors (Lipinski definition) is 2. The lowest BCUT2D eigenvalue weighted by atomic mass is 10.2. The summed E-state index contributed by atoms with van der Waals surface area (Å²) in [5.41, 5.74) is 0.241. The van der Waals surface area contributed by atoms with Crippen LogP contribution in [0.5, 0.6) is 0 Å². The molecule has 1 fully saturated rings. The van der Waals surface area contributed by atoms with E-state index >= 15 is 0 Å². The Morgan fingerprint density at radius 2 is 2.22 bits per heavy atom. The van der Waals surface area contributed by atoms with Gasteiger partial charge in [0.2, 0.25) is 5.91 Å². The first-order chi connectivity index (χ1) is 8.70. The van der Waals surface area contributed by atoms with E-state index in [2.05, 4.69) is 17.6 Å².